The molecule has 0 spiro atoms. The van der Waals surface area contributed by atoms with Crippen LogP contribution in [-0.4, -0.2) is 110 Å². The zero-order valence-corrected chi connectivity index (χ0v) is 35.2. The molecule has 1 aromatic heterocycles. The molecule has 2 heterocycles. The Bertz CT molecular complexity index is 1470. The summed E-state index contributed by atoms with van der Waals surface area (Å²) in [6, 6.07) is 8.21. The first-order valence-corrected chi connectivity index (χ1v) is 20.3. The fraction of sp³-hybridized carbons (Fsp3) is 0.683. The Kier molecular flexibility index (Phi) is 17.5. The third kappa shape index (κ3) is 11.6. The molecule has 13 heteroatoms. The van der Waals surface area contributed by atoms with Crippen molar-refractivity contribution in [2.24, 2.45) is 23.2 Å². The molecule has 1 aliphatic rings. The molecule has 302 valence electrons. The number of benzene rings is 1. The summed E-state index contributed by atoms with van der Waals surface area (Å²) in [5.74, 6) is -1.43. The zero-order chi connectivity index (χ0) is 40.2. The van der Waals surface area contributed by atoms with E-state index in [9.17, 15) is 19.2 Å². The molecule has 8 atom stereocenters. The SMILES string of the molecule is CCC(C)C(C(CC(=O)N1CCC[C@H]1C(OC)C(C)C(=O)NC(Cc1ccccc1)c1nccs1)OC)N(C)C(=O)C(NC(=O)C(C)(C)CNC)C(C)C. The highest BCUT2D eigenvalue weighted by atomic mass is 32.1. The summed E-state index contributed by atoms with van der Waals surface area (Å²) in [5, 5.41) is 12.0. The number of nitrogens with one attached hydrogen (secondary N) is 3. The van der Waals surface area contributed by atoms with Gasteiger partial charge in [0.1, 0.15) is 11.0 Å². The van der Waals surface area contributed by atoms with Crippen molar-refractivity contribution in [3.05, 3.63) is 52.5 Å². The van der Waals surface area contributed by atoms with Crippen LogP contribution in [0.5, 0.6) is 0 Å². The van der Waals surface area contributed by atoms with Crippen molar-refractivity contribution < 1.29 is 28.7 Å². The number of amides is 4. The lowest BCUT2D eigenvalue weighted by molar-refractivity contribution is -0.148. The van der Waals surface area contributed by atoms with Crippen LogP contribution in [-0.2, 0) is 35.1 Å². The molecule has 4 amide bonds. The van der Waals surface area contributed by atoms with Gasteiger partial charge >= 0.3 is 0 Å². The third-order valence-corrected chi connectivity index (χ3v) is 11.9. The van der Waals surface area contributed by atoms with Crippen LogP contribution in [0.3, 0.4) is 0 Å². The van der Waals surface area contributed by atoms with Crippen molar-refractivity contribution in [2.75, 3.05) is 41.4 Å². The molecule has 1 saturated heterocycles. The van der Waals surface area contributed by atoms with Crippen molar-refractivity contribution in [2.45, 2.75) is 117 Å². The molecule has 7 unspecified atom stereocenters. The van der Waals surface area contributed by atoms with E-state index in [4.69, 9.17) is 9.47 Å². The van der Waals surface area contributed by atoms with Gasteiger partial charge in [0.25, 0.3) is 0 Å². The van der Waals surface area contributed by atoms with E-state index in [2.05, 4.69) is 34.8 Å². The van der Waals surface area contributed by atoms with E-state index < -0.39 is 35.6 Å². The second-order valence-corrected chi connectivity index (χ2v) is 16.7. The fourth-order valence-corrected chi connectivity index (χ4v) is 8.35. The number of likely N-dealkylation sites (N-methyl/N-ethyl adjacent to an activating group) is 1. The molecule has 2 aromatic rings. The first-order valence-electron chi connectivity index (χ1n) is 19.4. The van der Waals surface area contributed by atoms with Gasteiger partial charge in [0.05, 0.1) is 48.1 Å². The van der Waals surface area contributed by atoms with Gasteiger partial charge in [-0.3, -0.25) is 19.2 Å². The quantitative estimate of drug-likeness (QED) is 0.164. The Hall–Kier alpha value is -3.39. The van der Waals surface area contributed by atoms with Crippen LogP contribution in [0.25, 0.3) is 0 Å². The van der Waals surface area contributed by atoms with E-state index in [1.807, 2.05) is 75.2 Å². The Labute approximate surface area is 327 Å². The van der Waals surface area contributed by atoms with Gasteiger partial charge in [0.2, 0.25) is 23.6 Å². The number of thiazole rings is 1. The second kappa shape index (κ2) is 21.1. The van der Waals surface area contributed by atoms with E-state index in [1.165, 1.54) is 11.3 Å². The van der Waals surface area contributed by atoms with Crippen molar-refractivity contribution in [1.29, 1.82) is 0 Å². The summed E-state index contributed by atoms with van der Waals surface area (Å²) in [6.07, 6.45) is 3.48. The van der Waals surface area contributed by atoms with Crippen molar-refractivity contribution >= 4 is 35.0 Å². The number of ether oxygens (including phenoxy) is 2. The Morgan fingerprint density at radius 1 is 1.06 bits per heavy atom. The maximum Gasteiger partial charge on any atom is 0.245 e. The molecule has 1 aromatic carbocycles. The molecule has 1 fully saturated rings. The van der Waals surface area contributed by atoms with Gasteiger partial charge < -0.3 is 35.2 Å². The summed E-state index contributed by atoms with van der Waals surface area (Å²) in [6.45, 7) is 14.5. The smallest absolute Gasteiger partial charge is 0.245 e. The summed E-state index contributed by atoms with van der Waals surface area (Å²) in [5.41, 5.74) is 0.378. The molecular formula is C41H66N6O6S. The van der Waals surface area contributed by atoms with E-state index in [0.29, 0.717) is 25.9 Å². The number of methoxy groups -OCH3 is 2. The number of carbonyl (C=O) groups is 4. The second-order valence-electron chi connectivity index (χ2n) is 15.8. The van der Waals surface area contributed by atoms with Gasteiger partial charge in [-0.25, -0.2) is 4.98 Å². The first-order chi connectivity index (χ1) is 25.6. The lowest BCUT2D eigenvalue weighted by Crippen LogP contribution is -2.59. The van der Waals surface area contributed by atoms with E-state index in [0.717, 1.165) is 23.4 Å². The van der Waals surface area contributed by atoms with Crippen molar-refractivity contribution in [3.63, 3.8) is 0 Å². The number of aromatic nitrogens is 1. The molecule has 0 radical (unpaired) electrons. The highest BCUT2D eigenvalue weighted by Gasteiger charge is 2.43. The molecule has 3 N–H and O–H groups in total. The van der Waals surface area contributed by atoms with Crippen molar-refractivity contribution in [3.8, 4) is 0 Å². The van der Waals surface area contributed by atoms with Gasteiger partial charge in [-0.2, -0.15) is 0 Å². The van der Waals surface area contributed by atoms with Crippen LogP contribution in [0.2, 0.25) is 0 Å². The minimum atomic E-state index is -0.751. The standard InChI is InChI=1S/C41H66N6O6S/c1-12-27(4)35(46(9)39(50)34(26(2)3)45-40(51)41(6,7)25-42-8)32(52-10)24-33(48)47-21-16-19-31(47)36(53-11)28(5)37(49)44-30(38-43-20-22-54-38)23-29-17-14-13-15-18-29/h13-15,17-18,20,22,26-28,30-32,34-36,42H,12,16,19,21,23-25H2,1-11H3,(H,44,49)(H,45,51)/t27?,28?,30?,31-,32?,34?,35?,36?/m0/s1. The first kappa shape index (κ1) is 45.0. The Balaban J connectivity index is 1.78. The maximum absolute atomic E-state index is 14.3. The summed E-state index contributed by atoms with van der Waals surface area (Å²) in [4.78, 5) is 63.6. The van der Waals surface area contributed by atoms with Crippen LogP contribution in [0.4, 0.5) is 0 Å². The lowest BCUT2D eigenvalue weighted by Gasteiger charge is -2.41. The molecular weight excluding hydrogens is 705 g/mol. The molecule has 0 saturated carbocycles. The molecule has 54 heavy (non-hydrogen) atoms. The van der Waals surface area contributed by atoms with Gasteiger partial charge in [-0.1, -0.05) is 71.4 Å². The lowest BCUT2D eigenvalue weighted by atomic mass is 9.88. The van der Waals surface area contributed by atoms with Crippen LogP contribution in [0.1, 0.15) is 90.8 Å². The monoisotopic (exact) mass is 770 g/mol. The average Bonchev–Trinajstić information content (AvgIpc) is 3.87. The van der Waals surface area contributed by atoms with Gasteiger partial charge in [0.15, 0.2) is 0 Å². The van der Waals surface area contributed by atoms with Crippen LogP contribution < -0.4 is 16.0 Å². The molecule has 12 nitrogen and oxygen atoms in total. The molecule has 0 bridgehead atoms. The molecule has 3 rings (SSSR count). The van der Waals surface area contributed by atoms with Gasteiger partial charge in [-0.05, 0) is 57.6 Å². The summed E-state index contributed by atoms with van der Waals surface area (Å²) >= 11 is 1.51. The average molecular weight is 771 g/mol. The van der Waals surface area contributed by atoms with Gasteiger partial charge in [-0.15, -0.1) is 11.3 Å². The highest BCUT2D eigenvalue weighted by molar-refractivity contribution is 7.09. The fourth-order valence-electron chi connectivity index (χ4n) is 7.66. The van der Waals surface area contributed by atoms with Crippen LogP contribution >= 0.6 is 11.3 Å². The Morgan fingerprint density at radius 3 is 2.30 bits per heavy atom. The van der Waals surface area contributed by atoms with Crippen LogP contribution in [0.15, 0.2) is 41.9 Å². The number of rotatable bonds is 21. The van der Waals surface area contributed by atoms with E-state index in [1.54, 1.807) is 39.4 Å². The maximum atomic E-state index is 14.3. The molecule has 1 aliphatic heterocycles. The number of hydrogen-bond donors (Lipinski definition) is 3. The predicted octanol–water partition coefficient (Wildman–Crippen LogP) is 4.85. The number of carbonyl (C=O) groups excluding carboxylic acids is 4. The third-order valence-electron chi connectivity index (χ3n) is 11.1. The summed E-state index contributed by atoms with van der Waals surface area (Å²) < 4.78 is 12.1. The molecule has 0 aliphatic carbocycles. The largest absolute Gasteiger partial charge is 0.379 e. The minimum absolute atomic E-state index is 0.00701. The van der Waals surface area contributed by atoms with Gasteiger partial charge in [0, 0.05) is 45.9 Å². The number of likely N-dealkylation sites (tertiary alicyclic amines) is 1. The van der Waals surface area contributed by atoms with Crippen molar-refractivity contribution in [1.82, 2.24) is 30.7 Å². The zero-order valence-electron chi connectivity index (χ0n) is 34.4. The minimum Gasteiger partial charge on any atom is -0.379 e. The van der Waals surface area contributed by atoms with E-state index in [-0.39, 0.29) is 54.0 Å². The topological polar surface area (TPSA) is 142 Å². The van der Waals surface area contributed by atoms with Crippen LogP contribution in [0, 0.1) is 23.2 Å². The predicted molar refractivity (Wildman–Crippen MR) is 214 cm³/mol. The summed E-state index contributed by atoms with van der Waals surface area (Å²) in [7, 11) is 6.71. The Morgan fingerprint density at radius 2 is 1.74 bits per heavy atom. The number of hydrogen-bond acceptors (Lipinski definition) is 9. The highest BCUT2D eigenvalue weighted by Crippen LogP contribution is 2.30. The number of nitrogens with zero attached hydrogens (tertiary/aromatic N) is 3. The normalized spacial score (nSPS) is 18.7. The van der Waals surface area contributed by atoms with E-state index >= 15 is 0 Å².